The van der Waals surface area contributed by atoms with E-state index in [4.69, 9.17) is 20.4 Å². The molecular weight excluding hydrogens is 401 g/mol. The first kappa shape index (κ1) is 23.1. The van der Waals surface area contributed by atoms with E-state index in [9.17, 15) is 4.79 Å². The van der Waals surface area contributed by atoms with Crippen molar-refractivity contribution < 1.29 is 9.53 Å². The van der Waals surface area contributed by atoms with E-state index in [1.54, 1.807) is 7.11 Å². The number of ether oxygens (including phenoxy) is 1. The number of anilines is 1. The van der Waals surface area contributed by atoms with Gasteiger partial charge >= 0.3 is 0 Å². The van der Waals surface area contributed by atoms with Crippen molar-refractivity contribution >= 4 is 36.5 Å². The Morgan fingerprint density at radius 3 is 2.54 bits per heavy atom. The minimum Gasteiger partial charge on any atom is -0.375 e. The molecule has 1 aliphatic heterocycles. The number of amides is 1. The van der Waals surface area contributed by atoms with Gasteiger partial charge in [-0.25, -0.2) is 9.97 Å². The number of hydrogen-bond donors (Lipinski definition) is 1. The maximum Gasteiger partial charge on any atom is 0.248 e. The van der Waals surface area contributed by atoms with Gasteiger partial charge in [0, 0.05) is 62.9 Å². The van der Waals surface area contributed by atoms with Crippen LogP contribution < -0.4 is 10.6 Å². The number of halogens is 2. The van der Waals surface area contributed by atoms with E-state index < -0.39 is 0 Å². The molecule has 2 N–H and O–H groups in total. The molecule has 0 atom stereocenters. The highest BCUT2D eigenvalue weighted by Crippen LogP contribution is 2.41. The normalized spacial score (nSPS) is 24.5. The quantitative estimate of drug-likeness (QED) is 0.767. The molecule has 9 heteroatoms. The molecule has 3 aliphatic rings. The molecule has 0 unspecified atom stereocenters. The molecule has 3 fully saturated rings. The predicted molar refractivity (Wildman–Crippen MR) is 114 cm³/mol. The Labute approximate surface area is 179 Å². The topological polar surface area (TPSA) is 84.6 Å². The van der Waals surface area contributed by atoms with Crippen LogP contribution in [-0.2, 0) is 9.53 Å². The number of hydrogen-bond acceptors (Lipinski definition) is 6. The van der Waals surface area contributed by atoms with Gasteiger partial charge in [0.05, 0.1) is 0 Å². The zero-order valence-electron chi connectivity index (χ0n) is 16.4. The molecule has 7 nitrogen and oxygen atoms in total. The highest BCUT2D eigenvalue weighted by atomic mass is 35.5. The van der Waals surface area contributed by atoms with E-state index in [-0.39, 0.29) is 37.3 Å². The van der Waals surface area contributed by atoms with Gasteiger partial charge in [-0.2, -0.15) is 0 Å². The minimum absolute atomic E-state index is 0. The summed E-state index contributed by atoms with van der Waals surface area (Å²) in [6.45, 7) is 3.38. The fraction of sp³-hybridized carbons (Fsp3) is 0.737. The maximum atomic E-state index is 12.1. The molecule has 1 aromatic rings. The van der Waals surface area contributed by atoms with Gasteiger partial charge in [-0.05, 0) is 32.1 Å². The SMILES string of the molecule is COCC(=O)N1CCCN(c2cc(C3CC(N)C3)nc(C3CC3)n2)CC1.Cl.Cl. The molecule has 2 aliphatic carbocycles. The fourth-order valence-electron chi connectivity index (χ4n) is 3.88. The summed E-state index contributed by atoms with van der Waals surface area (Å²) in [4.78, 5) is 26.1. The second-order valence-corrected chi connectivity index (χ2v) is 7.87. The first-order chi connectivity index (χ1) is 12.6. The van der Waals surface area contributed by atoms with E-state index in [1.807, 2.05) is 4.90 Å². The van der Waals surface area contributed by atoms with Gasteiger partial charge < -0.3 is 20.3 Å². The lowest BCUT2D eigenvalue weighted by Crippen LogP contribution is -2.37. The smallest absolute Gasteiger partial charge is 0.248 e. The van der Waals surface area contributed by atoms with E-state index in [2.05, 4.69) is 11.0 Å². The second kappa shape index (κ2) is 10.1. The van der Waals surface area contributed by atoms with Crippen molar-refractivity contribution in [2.45, 2.75) is 50.0 Å². The zero-order chi connectivity index (χ0) is 18.1. The molecule has 158 valence electrons. The molecule has 0 bridgehead atoms. The monoisotopic (exact) mass is 431 g/mol. The summed E-state index contributed by atoms with van der Waals surface area (Å²) in [6, 6.07) is 2.48. The highest BCUT2D eigenvalue weighted by Gasteiger charge is 2.33. The van der Waals surface area contributed by atoms with Gasteiger partial charge in [0.2, 0.25) is 5.91 Å². The fourth-order valence-corrected chi connectivity index (χ4v) is 3.88. The number of methoxy groups -OCH3 is 1. The van der Waals surface area contributed by atoms with Gasteiger partial charge in [0.15, 0.2) is 0 Å². The average molecular weight is 432 g/mol. The number of rotatable bonds is 5. The van der Waals surface area contributed by atoms with Crippen molar-refractivity contribution in [1.82, 2.24) is 14.9 Å². The zero-order valence-corrected chi connectivity index (χ0v) is 18.0. The first-order valence-corrected chi connectivity index (χ1v) is 9.80. The molecule has 1 aromatic heterocycles. The van der Waals surface area contributed by atoms with E-state index in [0.29, 0.717) is 24.4 Å². The number of aromatic nitrogens is 2. The van der Waals surface area contributed by atoms with E-state index in [0.717, 1.165) is 56.2 Å². The van der Waals surface area contributed by atoms with E-state index in [1.165, 1.54) is 12.8 Å². The molecule has 0 radical (unpaired) electrons. The minimum atomic E-state index is 0. The van der Waals surface area contributed by atoms with Gasteiger partial charge in [0.25, 0.3) is 0 Å². The molecule has 4 rings (SSSR count). The molecule has 0 spiro atoms. The number of carbonyl (C=O) groups is 1. The number of nitrogens with zero attached hydrogens (tertiary/aromatic N) is 4. The Morgan fingerprint density at radius 1 is 1.14 bits per heavy atom. The van der Waals surface area contributed by atoms with Gasteiger partial charge in [0.1, 0.15) is 18.2 Å². The maximum absolute atomic E-state index is 12.1. The number of carbonyl (C=O) groups excluding carboxylic acids is 1. The van der Waals surface area contributed by atoms with Gasteiger partial charge in [-0.15, -0.1) is 24.8 Å². The lowest BCUT2D eigenvalue weighted by molar-refractivity contribution is -0.134. The standard InChI is InChI=1S/C19H29N5O2.2ClH/c1-26-12-18(25)24-6-2-5-23(7-8-24)17-11-16(14-9-15(20)10-14)21-19(22-17)13-3-4-13;;/h11,13-15H,2-10,12,20H2,1H3;2*1H. The van der Waals surface area contributed by atoms with Crippen molar-refractivity contribution in [1.29, 1.82) is 0 Å². The summed E-state index contributed by atoms with van der Waals surface area (Å²) in [5.41, 5.74) is 7.15. The average Bonchev–Trinajstić information content (AvgIpc) is 3.45. The van der Waals surface area contributed by atoms with Crippen LogP contribution in [0.25, 0.3) is 0 Å². The van der Waals surface area contributed by atoms with Crippen LogP contribution in [0.5, 0.6) is 0 Å². The predicted octanol–water partition coefficient (Wildman–Crippen LogP) is 2.09. The van der Waals surface area contributed by atoms with Crippen LogP contribution in [0, 0.1) is 0 Å². The van der Waals surface area contributed by atoms with E-state index >= 15 is 0 Å². The molecule has 2 saturated carbocycles. The van der Waals surface area contributed by atoms with Gasteiger partial charge in [-0.3, -0.25) is 4.79 Å². The Balaban J connectivity index is 0.00000140. The van der Waals surface area contributed by atoms with Crippen molar-refractivity contribution in [3.63, 3.8) is 0 Å². The van der Waals surface area contributed by atoms with Gasteiger partial charge in [-0.1, -0.05) is 0 Å². The summed E-state index contributed by atoms with van der Waals surface area (Å²) in [5, 5.41) is 0. The Bertz CT molecular complexity index is 668. The third-order valence-electron chi connectivity index (χ3n) is 5.73. The lowest BCUT2D eigenvalue weighted by atomic mass is 9.78. The van der Waals surface area contributed by atoms with Crippen LogP contribution in [0.15, 0.2) is 6.07 Å². The van der Waals surface area contributed by atoms with Crippen LogP contribution in [-0.4, -0.2) is 66.7 Å². The molecule has 1 saturated heterocycles. The summed E-state index contributed by atoms with van der Waals surface area (Å²) < 4.78 is 4.99. The highest BCUT2D eigenvalue weighted by molar-refractivity contribution is 5.85. The Morgan fingerprint density at radius 2 is 1.89 bits per heavy atom. The Kier molecular flexibility index (Phi) is 8.30. The largest absolute Gasteiger partial charge is 0.375 e. The molecular formula is C19H31Cl2N5O2. The molecule has 2 heterocycles. The van der Waals surface area contributed by atoms with Crippen molar-refractivity contribution in [3.05, 3.63) is 17.6 Å². The van der Waals surface area contributed by atoms with Crippen LogP contribution in [0.2, 0.25) is 0 Å². The van der Waals surface area contributed by atoms with Crippen LogP contribution in [0.3, 0.4) is 0 Å². The number of nitrogens with two attached hydrogens (primary N) is 1. The summed E-state index contributed by atoms with van der Waals surface area (Å²) in [7, 11) is 1.57. The molecule has 0 aromatic carbocycles. The molecule has 1 amide bonds. The van der Waals surface area contributed by atoms with Crippen LogP contribution in [0.4, 0.5) is 5.82 Å². The van der Waals surface area contributed by atoms with Crippen LogP contribution >= 0.6 is 24.8 Å². The summed E-state index contributed by atoms with van der Waals surface area (Å²) >= 11 is 0. The third-order valence-corrected chi connectivity index (χ3v) is 5.73. The second-order valence-electron chi connectivity index (χ2n) is 7.87. The van der Waals surface area contributed by atoms with Crippen molar-refractivity contribution in [2.75, 3.05) is 44.8 Å². The summed E-state index contributed by atoms with van der Waals surface area (Å²) in [5.74, 6) is 3.12. The van der Waals surface area contributed by atoms with Crippen molar-refractivity contribution in [2.24, 2.45) is 5.73 Å². The van der Waals surface area contributed by atoms with Crippen LogP contribution in [0.1, 0.15) is 55.5 Å². The van der Waals surface area contributed by atoms with Crippen molar-refractivity contribution in [3.8, 4) is 0 Å². The Hall–Kier alpha value is -1.15. The third kappa shape index (κ3) is 5.26. The molecule has 28 heavy (non-hydrogen) atoms. The first-order valence-electron chi connectivity index (χ1n) is 9.80. The lowest BCUT2D eigenvalue weighted by Gasteiger charge is -2.33. The summed E-state index contributed by atoms with van der Waals surface area (Å²) in [6.07, 6.45) is 5.40.